The quantitative estimate of drug-likeness (QED) is 0.811. The summed E-state index contributed by atoms with van der Waals surface area (Å²) in [5, 5.41) is 2.67. The first kappa shape index (κ1) is 14.0. The lowest BCUT2D eigenvalue weighted by Crippen LogP contribution is -2.26. The van der Waals surface area contributed by atoms with Crippen LogP contribution in [0.5, 0.6) is 0 Å². The number of benzene rings is 1. The van der Waals surface area contributed by atoms with Crippen molar-refractivity contribution in [3.8, 4) is 0 Å². The zero-order valence-corrected chi connectivity index (χ0v) is 10.6. The molecule has 0 saturated carbocycles. The number of nitrogens with two attached hydrogens (primary N) is 1. The zero-order valence-electron chi connectivity index (χ0n) is 9.78. The molecule has 0 saturated heterocycles. The normalized spacial score (nSPS) is 12.2. The largest absolute Gasteiger partial charge is 0.351 e. The molecule has 0 heterocycles. The van der Waals surface area contributed by atoms with E-state index >= 15 is 0 Å². The summed E-state index contributed by atoms with van der Waals surface area (Å²) in [4.78, 5) is 11.4. The van der Waals surface area contributed by atoms with Gasteiger partial charge in [-0.05, 0) is 13.0 Å². The summed E-state index contributed by atoms with van der Waals surface area (Å²) in [6, 6.07) is 6.49. The Morgan fingerprint density at radius 2 is 2.24 bits per heavy atom. The van der Waals surface area contributed by atoms with E-state index in [4.69, 9.17) is 5.73 Å². The number of halogens is 1. The zero-order chi connectivity index (χ0) is 12.7. The van der Waals surface area contributed by atoms with E-state index in [0.29, 0.717) is 11.3 Å². The number of rotatable bonds is 6. The van der Waals surface area contributed by atoms with E-state index in [0.717, 1.165) is 5.75 Å². The minimum atomic E-state index is -0.295. The van der Waals surface area contributed by atoms with Crippen LogP contribution in [-0.2, 0) is 11.3 Å². The summed E-state index contributed by atoms with van der Waals surface area (Å²) < 4.78 is 13.2. The van der Waals surface area contributed by atoms with Gasteiger partial charge in [-0.1, -0.05) is 18.2 Å². The van der Waals surface area contributed by atoms with Crippen molar-refractivity contribution in [3.63, 3.8) is 0 Å². The van der Waals surface area contributed by atoms with Crippen molar-refractivity contribution >= 4 is 17.7 Å². The molecule has 0 spiro atoms. The molecule has 0 aliphatic rings. The molecule has 3 N–H and O–H groups in total. The van der Waals surface area contributed by atoms with Crippen LogP contribution >= 0.6 is 11.8 Å². The van der Waals surface area contributed by atoms with Crippen LogP contribution < -0.4 is 11.1 Å². The van der Waals surface area contributed by atoms with Gasteiger partial charge in [0.1, 0.15) is 5.82 Å². The molecule has 1 atom stereocenters. The third-order valence-corrected chi connectivity index (χ3v) is 3.28. The second-order valence-corrected chi connectivity index (χ2v) is 4.89. The summed E-state index contributed by atoms with van der Waals surface area (Å²) in [7, 11) is 0. The van der Waals surface area contributed by atoms with E-state index < -0.39 is 0 Å². The molecule has 94 valence electrons. The first-order valence-electron chi connectivity index (χ1n) is 5.43. The van der Waals surface area contributed by atoms with Gasteiger partial charge in [-0.15, -0.1) is 0 Å². The number of carbonyl (C=O) groups excluding carboxylic acids is 1. The van der Waals surface area contributed by atoms with Crippen LogP contribution in [0.1, 0.15) is 12.5 Å². The van der Waals surface area contributed by atoms with E-state index in [1.807, 2.05) is 6.92 Å². The fraction of sp³-hybridized carbons (Fsp3) is 0.417. The first-order valence-corrected chi connectivity index (χ1v) is 6.58. The van der Waals surface area contributed by atoms with Gasteiger partial charge in [0.15, 0.2) is 0 Å². The lowest BCUT2D eigenvalue weighted by molar-refractivity contribution is -0.118. The van der Waals surface area contributed by atoms with Gasteiger partial charge in [-0.25, -0.2) is 4.39 Å². The Morgan fingerprint density at radius 3 is 2.88 bits per heavy atom. The molecule has 1 aromatic rings. The van der Waals surface area contributed by atoms with E-state index in [2.05, 4.69) is 5.32 Å². The molecule has 17 heavy (non-hydrogen) atoms. The summed E-state index contributed by atoms with van der Waals surface area (Å²) >= 11 is 1.48. The standard InChI is InChI=1S/C12H17FN2OS/c1-9(14)7-17-8-12(16)15-6-10-4-2-3-5-11(10)13/h2-5,9H,6-8,14H2,1H3,(H,15,16). The Labute approximate surface area is 105 Å². The third kappa shape index (κ3) is 5.70. The summed E-state index contributed by atoms with van der Waals surface area (Å²) in [6.07, 6.45) is 0. The highest BCUT2D eigenvalue weighted by atomic mass is 32.2. The molecule has 0 fully saturated rings. The fourth-order valence-corrected chi connectivity index (χ4v) is 2.00. The predicted octanol–water partition coefficient (Wildman–Crippen LogP) is 1.52. The van der Waals surface area contributed by atoms with Gasteiger partial charge in [-0.3, -0.25) is 4.79 Å². The van der Waals surface area contributed by atoms with Gasteiger partial charge in [0.05, 0.1) is 5.75 Å². The second kappa shape index (κ2) is 7.29. The molecular weight excluding hydrogens is 239 g/mol. The van der Waals surface area contributed by atoms with Gasteiger partial charge in [0, 0.05) is 23.9 Å². The van der Waals surface area contributed by atoms with Crippen molar-refractivity contribution in [2.45, 2.75) is 19.5 Å². The molecule has 1 unspecified atom stereocenters. The Bertz CT molecular complexity index is 371. The predicted molar refractivity (Wildman–Crippen MR) is 69.2 cm³/mol. The Hall–Kier alpha value is -1.07. The van der Waals surface area contributed by atoms with Crippen LogP contribution in [0.2, 0.25) is 0 Å². The van der Waals surface area contributed by atoms with Crippen LogP contribution in [0.3, 0.4) is 0 Å². The van der Waals surface area contributed by atoms with Crippen molar-refractivity contribution in [2.75, 3.05) is 11.5 Å². The maximum Gasteiger partial charge on any atom is 0.230 e. The number of hydrogen-bond donors (Lipinski definition) is 2. The average molecular weight is 256 g/mol. The highest BCUT2D eigenvalue weighted by Crippen LogP contribution is 2.06. The highest BCUT2D eigenvalue weighted by Gasteiger charge is 2.05. The minimum Gasteiger partial charge on any atom is -0.351 e. The smallest absolute Gasteiger partial charge is 0.230 e. The minimum absolute atomic E-state index is 0.0827. The number of amides is 1. The molecule has 5 heteroatoms. The Balaban J connectivity index is 2.26. The molecule has 1 amide bonds. The van der Waals surface area contributed by atoms with Gasteiger partial charge in [0.25, 0.3) is 0 Å². The van der Waals surface area contributed by atoms with Gasteiger partial charge < -0.3 is 11.1 Å². The van der Waals surface area contributed by atoms with Gasteiger partial charge in [-0.2, -0.15) is 11.8 Å². The van der Waals surface area contributed by atoms with Crippen molar-refractivity contribution in [3.05, 3.63) is 35.6 Å². The second-order valence-electron chi connectivity index (χ2n) is 3.86. The molecule has 0 bridgehead atoms. The Kier molecular flexibility index (Phi) is 6.00. The van der Waals surface area contributed by atoms with Crippen molar-refractivity contribution in [2.24, 2.45) is 5.73 Å². The van der Waals surface area contributed by atoms with Crippen LogP contribution in [0.4, 0.5) is 4.39 Å². The van der Waals surface area contributed by atoms with Gasteiger partial charge in [0.2, 0.25) is 5.91 Å². The van der Waals surface area contributed by atoms with Crippen LogP contribution in [0.15, 0.2) is 24.3 Å². The maximum absolute atomic E-state index is 13.2. The average Bonchev–Trinajstić information content (AvgIpc) is 2.27. The van der Waals surface area contributed by atoms with E-state index in [1.54, 1.807) is 18.2 Å². The number of thioether (sulfide) groups is 1. The van der Waals surface area contributed by atoms with Crippen molar-refractivity contribution in [1.29, 1.82) is 0 Å². The number of hydrogen-bond acceptors (Lipinski definition) is 3. The number of nitrogens with one attached hydrogen (secondary N) is 1. The summed E-state index contributed by atoms with van der Waals surface area (Å²) in [5.41, 5.74) is 6.06. The molecule has 1 aromatic carbocycles. The van der Waals surface area contributed by atoms with Crippen LogP contribution in [-0.4, -0.2) is 23.5 Å². The topological polar surface area (TPSA) is 55.1 Å². The lowest BCUT2D eigenvalue weighted by Gasteiger charge is -2.07. The molecule has 3 nitrogen and oxygen atoms in total. The van der Waals surface area contributed by atoms with Crippen molar-refractivity contribution in [1.82, 2.24) is 5.32 Å². The monoisotopic (exact) mass is 256 g/mol. The molecule has 0 aromatic heterocycles. The fourth-order valence-electron chi connectivity index (χ4n) is 1.22. The molecule has 0 aliphatic carbocycles. The van der Waals surface area contributed by atoms with E-state index in [1.165, 1.54) is 17.8 Å². The van der Waals surface area contributed by atoms with E-state index in [-0.39, 0.29) is 24.3 Å². The van der Waals surface area contributed by atoms with Crippen LogP contribution in [0.25, 0.3) is 0 Å². The summed E-state index contributed by atoms with van der Waals surface area (Å²) in [5.74, 6) is 0.707. The molecular formula is C12H17FN2OS. The maximum atomic E-state index is 13.2. The molecule has 1 rings (SSSR count). The molecule has 0 radical (unpaired) electrons. The van der Waals surface area contributed by atoms with Crippen molar-refractivity contribution < 1.29 is 9.18 Å². The van der Waals surface area contributed by atoms with Gasteiger partial charge >= 0.3 is 0 Å². The van der Waals surface area contributed by atoms with E-state index in [9.17, 15) is 9.18 Å². The SMILES string of the molecule is CC(N)CSCC(=O)NCc1ccccc1F. The van der Waals surface area contributed by atoms with Crippen LogP contribution in [0, 0.1) is 5.82 Å². The third-order valence-electron chi connectivity index (χ3n) is 2.05. The first-order chi connectivity index (χ1) is 8.09. The number of carbonyl (C=O) groups is 1. The Morgan fingerprint density at radius 1 is 1.53 bits per heavy atom. The lowest BCUT2D eigenvalue weighted by atomic mass is 10.2. The highest BCUT2D eigenvalue weighted by molar-refractivity contribution is 7.99. The molecule has 0 aliphatic heterocycles. The summed E-state index contributed by atoms with van der Waals surface area (Å²) in [6.45, 7) is 2.12.